The summed E-state index contributed by atoms with van der Waals surface area (Å²) in [7, 11) is 0. The van der Waals surface area contributed by atoms with Gasteiger partial charge in [-0.05, 0) is 24.6 Å². The van der Waals surface area contributed by atoms with Crippen LogP contribution in [0.3, 0.4) is 0 Å². The summed E-state index contributed by atoms with van der Waals surface area (Å²) in [4.78, 5) is 12.0. The van der Waals surface area contributed by atoms with E-state index in [0.29, 0.717) is 0 Å². The predicted octanol–water partition coefficient (Wildman–Crippen LogP) is 4.22. The zero-order valence-corrected chi connectivity index (χ0v) is 12.2. The first-order valence-electron chi connectivity index (χ1n) is 5.99. The van der Waals surface area contributed by atoms with E-state index >= 15 is 0 Å². The topological polar surface area (TPSA) is 29.1 Å². The van der Waals surface area contributed by atoms with Gasteiger partial charge in [0.25, 0.3) is 5.91 Å². The minimum absolute atomic E-state index is 0.250. The van der Waals surface area contributed by atoms with E-state index in [4.69, 9.17) is 0 Å². The zero-order valence-electron chi connectivity index (χ0n) is 10.7. The summed E-state index contributed by atoms with van der Waals surface area (Å²) in [6, 6.07) is 11.0. The first-order valence-corrected chi connectivity index (χ1v) is 6.78. The first kappa shape index (κ1) is 14.7. The number of hydrogen-bond acceptors (Lipinski definition) is 1. The zero-order chi connectivity index (χ0) is 14.7. The van der Waals surface area contributed by atoms with Crippen LogP contribution in [0.1, 0.15) is 28.9 Å². The Hall–Kier alpha value is -1.75. The Bertz CT molecular complexity index is 608. The maximum Gasteiger partial charge on any atom is 0.257 e. The lowest BCUT2D eigenvalue weighted by atomic mass is 10.1. The third kappa shape index (κ3) is 3.22. The maximum atomic E-state index is 13.7. The molecule has 0 heterocycles. The van der Waals surface area contributed by atoms with Gasteiger partial charge < -0.3 is 5.32 Å². The molecule has 1 N–H and O–H groups in total. The smallest absolute Gasteiger partial charge is 0.257 e. The minimum atomic E-state index is -0.894. The van der Waals surface area contributed by atoms with Gasteiger partial charge in [0.05, 0.1) is 6.04 Å². The average molecular weight is 340 g/mol. The highest BCUT2D eigenvalue weighted by atomic mass is 79.9. The van der Waals surface area contributed by atoms with Gasteiger partial charge in [-0.15, -0.1) is 0 Å². The molecule has 1 amide bonds. The van der Waals surface area contributed by atoms with E-state index in [-0.39, 0.29) is 10.5 Å². The molecule has 0 spiro atoms. The van der Waals surface area contributed by atoms with Crippen molar-refractivity contribution >= 4 is 21.8 Å². The minimum Gasteiger partial charge on any atom is -0.345 e. The molecule has 0 radical (unpaired) electrons. The van der Waals surface area contributed by atoms with Crippen molar-refractivity contribution in [2.75, 3.05) is 0 Å². The summed E-state index contributed by atoms with van der Waals surface area (Å²) >= 11 is 2.97. The molecule has 104 valence electrons. The Labute approximate surface area is 123 Å². The van der Waals surface area contributed by atoms with Crippen LogP contribution in [0.15, 0.2) is 46.9 Å². The van der Waals surface area contributed by atoms with Crippen LogP contribution in [0.25, 0.3) is 0 Å². The van der Waals surface area contributed by atoms with Crippen molar-refractivity contribution in [1.29, 1.82) is 0 Å². The van der Waals surface area contributed by atoms with Crippen LogP contribution in [0.2, 0.25) is 0 Å². The van der Waals surface area contributed by atoms with Crippen molar-refractivity contribution < 1.29 is 13.6 Å². The number of hydrogen-bond donors (Lipinski definition) is 1. The molecule has 0 aliphatic heterocycles. The van der Waals surface area contributed by atoms with Gasteiger partial charge in [0.2, 0.25) is 0 Å². The molecule has 0 unspecified atom stereocenters. The lowest BCUT2D eigenvalue weighted by molar-refractivity contribution is 0.0931. The van der Waals surface area contributed by atoms with E-state index in [1.165, 1.54) is 0 Å². The van der Waals surface area contributed by atoms with Crippen molar-refractivity contribution in [3.05, 3.63) is 69.7 Å². The molecule has 20 heavy (non-hydrogen) atoms. The molecule has 0 saturated carbocycles. The lowest BCUT2D eigenvalue weighted by Gasteiger charge is -2.15. The molecule has 0 aliphatic carbocycles. The van der Waals surface area contributed by atoms with Gasteiger partial charge in [0.15, 0.2) is 0 Å². The molecule has 0 fully saturated rings. The highest BCUT2D eigenvalue weighted by molar-refractivity contribution is 9.10. The highest BCUT2D eigenvalue weighted by Crippen LogP contribution is 2.20. The normalized spacial score (nSPS) is 12.0. The Morgan fingerprint density at radius 3 is 2.25 bits per heavy atom. The number of halogens is 3. The van der Waals surface area contributed by atoms with Crippen molar-refractivity contribution in [3.63, 3.8) is 0 Å². The third-order valence-corrected chi connectivity index (χ3v) is 3.34. The quantitative estimate of drug-likeness (QED) is 0.891. The predicted molar refractivity (Wildman–Crippen MR) is 76.4 cm³/mol. The van der Waals surface area contributed by atoms with Crippen molar-refractivity contribution in [1.82, 2.24) is 5.32 Å². The molecule has 2 aromatic rings. The van der Waals surface area contributed by atoms with Gasteiger partial charge in [-0.3, -0.25) is 4.79 Å². The molecule has 5 heteroatoms. The van der Waals surface area contributed by atoms with Gasteiger partial charge in [0, 0.05) is 4.47 Å². The molecule has 2 aromatic carbocycles. The Balaban J connectivity index is 2.21. The van der Waals surface area contributed by atoms with Crippen LogP contribution in [0, 0.1) is 11.6 Å². The van der Waals surface area contributed by atoms with Crippen LogP contribution in [-0.2, 0) is 0 Å². The average Bonchev–Trinajstić information content (AvgIpc) is 2.38. The molecule has 1 atom stereocenters. The van der Waals surface area contributed by atoms with E-state index < -0.39 is 23.1 Å². The number of benzene rings is 2. The van der Waals surface area contributed by atoms with Gasteiger partial charge in [-0.25, -0.2) is 8.78 Å². The lowest BCUT2D eigenvalue weighted by Crippen LogP contribution is -2.28. The molecule has 0 bridgehead atoms. The molecule has 0 aliphatic rings. The summed E-state index contributed by atoms with van der Waals surface area (Å²) in [5.41, 5.74) is 0.287. The number of rotatable bonds is 3. The number of carbonyl (C=O) groups excluding carboxylic acids is 1. The highest BCUT2D eigenvalue weighted by Gasteiger charge is 2.20. The maximum absolute atomic E-state index is 13.7. The third-order valence-electron chi connectivity index (χ3n) is 2.88. The van der Waals surface area contributed by atoms with E-state index in [1.807, 2.05) is 30.3 Å². The molecular weight excluding hydrogens is 328 g/mol. The van der Waals surface area contributed by atoms with Crippen LogP contribution >= 0.6 is 15.9 Å². The monoisotopic (exact) mass is 339 g/mol. The van der Waals surface area contributed by atoms with Crippen molar-refractivity contribution in [2.45, 2.75) is 13.0 Å². The SMILES string of the molecule is C[C@H](NC(=O)c1c(F)cc(Br)cc1F)c1ccccc1. The van der Waals surface area contributed by atoms with Gasteiger partial charge in [0.1, 0.15) is 17.2 Å². The fourth-order valence-electron chi connectivity index (χ4n) is 1.85. The summed E-state index contributed by atoms with van der Waals surface area (Å²) in [6.07, 6.45) is 0. The van der Waals surface area contributed by atoms with Crippen LogP contribution in [0.5, 0.6) is 0 Å². The number of nitrogens with one attached hydrogen (secondary N) is 1. The molecule has 2 nitrogen and oxygen atoms in total. The fourth-order valence-corrected chi connectivity index (χ4v) is 2.25. The summed E-state index contributed by atoms with van der Waals surface area (Å²) in [6.45, 7) is 1.75. The Morgan fingerprint density at radius 2 is 1.70 bits per heavy atom. The molecule has 2 rings (SSSR count). The van der Waals surface area contributed by atoms with Gasteiger partial charge in [-0.1, -0.05) is 46.3 Å². The summed E-state index contributed by atoms with van der Waals surface area (Å²) in [5.74, 6) is -2.56. The number of amides is 1. The molecular formula is C15H12BrF2NO. The van der Waals surface area contributed by atoms with E-state index in [2.05, 4.69) is 21.2 Å². The Morgan fingerprint density at radius 1 is 1.15 bits per heavy atom. The second-order valence-corrected chi connectivity index (χ2v) is 5.27. The first-order chi connectivity index (χ1) is 9.49. The second kappa shape index (κ2) is 6.13. The molecule has 0 aromatic heterocycles. The van der Waals surface area contributed by atoms with E-state index in [9.17, 15) is 13.6 Å². The van der Waals surface area contributed by atoms with Crippen LogP contribution < -0.4 is 5.32 Å². The van der Waals surface area contributed by atoms with E-state index in [1.54, 1.807) is 6.92 Å². The summed E-state index contributed by atoms with van der Waals surface area (Å²) < 4.78 is 27.6. The second-order valence-electron chi connectivity index (χ2n) is 4.35. The van der Waals surface area contributed by atoms with Gasteiger partial charge in [-0.2, -0.15) is 0 Å². The van der Waals surface area contributed by atoms with Gasteiger partial charge >= 0.3 is 0 Å². The van der Waals surface area contributed by atoms with Crippen LogP contribution in [-0.4, -0.2) is 5.91 Å². The Kier molecular flexibility index (Phi) is 4.49. The van der Waals surface area contributed by atoms with Crippen LogP contribution in [0.4, 0.5) is 8.78 Å². The molecule has 0 saturated heterocycles. The van der Waals surface area contributed by atoms with E-state index in [0.717, 1.165) is 17.7 Å². The largest absolute Gasteiger partial charge is 0.345 e. The number of carbonyl (C=O) groups is 1. The van der Waals surface area contributed by atoms with Crippen molar-refractivity contribution in [3.8, 4) is 0 Å². The van der Waals surface area contributed by atoms with Crippen molar-refractivity contribution in [2.24, 2.45) is 0 Å². The fraction of sp³-hybridized carbons (Fsp3) is 0.133. The standard InChI is InChI=1S/C15H12BrF2NO/c1-9(10-5-3-2-4-6-10)19-15(20)14-12(17)7-11(16)8-13(14)18/h2-9H,1H3,(H,19,20)/t9-/m0/s1. The summed E-state index contributed by atoms with van der Waals surface area (Å²) in [5, 5.41) is 2.58.